The SMILES string of the molecule is CCNC(=NCc1c(C)nn(CCOC)c1C)N1CCCC(CC(N)=O)C1.I. The van der Waals surface area contributed by atoms with Crippen molar-refractivity contribution >= 4 is 35.8 Å². The number of hydrogen-bond acceptors (Lipinski definition) is 4. The molecular formula is C19H35IN6O2. The molecule has 8 nitrogen and oxygen atoms in total. The van der Waals surface area contributed by atoms with Gasteiger partial charge in [-0.05, 0) is 39.5 Å². The molecule has 1 saturated heterocycles. The zero-order valence-corrected chi connectivity index (χ0v) is 19.9. The highest BCUT2D eigenvalue weighted by Gasteiger charge is 2.23. The number of amides is 1. The summed E-state index contributed by atoms with van der Waals surface area (Å²) in [5, 5.41) is 8.00. The molecule has 1 aromatic rings. The summed E-state index contributed by atoms with van der Waals surface area (Å²) < 4.78 is 7.15. The summed E-state index contributed by atoms with van der Waals surface area (Å²) in [4.78, 5) is 18.4. The molecule has 3 N–H and O–H groups in total. The average molecular weight is 506 g/mol. The number of likely N-dealkylation sites (tertiary alicyclic amines) is 1. The summed E-state index contributed by atoms with van der Waals surface area (Å²) in [7, 11) is 1.70. The fraction of sp³-hybridized carbons (Fsp3) is 0.737. The maximum absolute atomic E-state index is 11.3. The van der Waals surface area contributed by atoms with Gasteiger partial charge in [0.1, 0.15) is 0 Å². The van der Waals surface area contributed by atoms with E-state index in [9.17, 15) is 4.79 Å². The molecule has 0 aromatic carbocycles. The first-order valence-electron chi connectivity index (χ1n) is 9.79. The van der Waals surface area contributed by atoms with E-state index in [4.69, 9.17) is 15.5 Å². The van der Waals surface area contributed by atoms with Gasteiger partial charge in [-0.2, -0.15) is 5.10 Å². The normalized spacial score (nSPS) is 17.4. The van der Waals surface area contributed by atoms with Crippen LogP contribution in [0.3, 0.4) is 0 Å². The Kier molecular flexibility index (Phi) is 10.8. The van der Waals surface area contributed by atoms with Crippen LogP contribution >= 0.6 is 24.0 Å². The van der Waals surface area contributed by atoms with Crippen molar-refractivity contribution in [2.75, 3.05) is 33.4 Å². The van der Waals surface area contributed by atoms with E-state index < -0.39 is 0 Å². The quantitative estimate of drug-likeness (QED) is 0.319. The number of ether oxygens (including phenoxy) is 1. The van der Waals surface area contributed by atoms with Gasteiger partial charge in [0.05, 0.1) is 25.4 Å². The van der Waals surface area contributed by atoms with Gasteiger partial charge in [0.15, 0.2) is 5.96 Å². The van der Waals surface area contributed by atoms with E-state index in [1.165, 1.54) is 0 Å². The molecule has 0 bridgehead atoms. The lowest BCUT2D eigenvalue weighted by Gasteiger charge is -2.34. The van der Waals surface area contributed by atoms with Crippen LogP contribution in [0.25, 0.3) is 0 Å². The van der Waals surface area contributed by atoms with Gasteiger partial charge >= 0.3 is 0 Å². The van der Waals surface area contributed by atoms with Crippen LogP contribution in [0.1, 0.15) is 43.1 Å². The Morgan fingerprint density at radius 2 is 2.18 bits per heavy atom. The minimum Gasteiger partial charge on any atom is -0.383 e. The Morgan fingerprint density at radius 3 is 2.82 bits per heavy atom. The Balaban J connectivity index is 0.00000392. The second kappa shape index (κ2) is 12.3. The lowest BCUT2D eigenvalue weighted by atomic mass is 9.95. The summed E-state index contributed by atoms with van der Waals surface area (Å²) >= 11 is 0. The van der Waals surface area contributed by atoms with E-state index in [2.05, 4.69) is 29.2 Å². The fourth-order valence-corrected chi connectivity index (χ4v) is 3.65. The standard InChI is InChI=1S/C19H34N6O2.HI/c1-5-21-19(24-8-6-7-16(13-24)11-18(20)26)22-12-17-14(2)23-25(15(17)3)9-10-27-4;/h16H,5-13H2,1-4H3,(H2,20,26)(H,21,22);1H. The number of carbonyl (C=O) groups excluding carboxylic acids is 1. The smallest absolute Gasteiger partial charge is 0.217 e. The number of aliphatic imine (C=N–C) groups is 1. The van der Waals surface area contributed by atoms with Crippen LogP contribution in [0.4, 0.5) is 0 Å². The van der Waals surface area contributed by atoms with Gasteiger partial charge in [-0.1, -0.05) is 0 Å². The highest BCUT2D eigenvalue weighted by Crippen LogP contribution is 2.20. The zero-order valence-electron chi connectivity index (χ0n) is 17.5. The Hall–Kier alpha value is -1.36. The first-order valence-corrected chi connectivity index (χ1v) is 9.79. The molecule has 1 aromatic heterocycles. The molecule has 0 radical (unpaired) electrons. The minimum absolute atomic E-state index is 0. The van der Waals surface area contributed by atoms with Crippen molar-refractivity contribution in [2.24, 2.45) is 16.6 Å². The van der Waals surface area contributed by atoms with Crippen molar-refractivity contribution in [2.45, 2.75) is 53.1 Å². The highest BCUT2D eigenvalue weighted by atomic mass is 127. The summed E-state index contributed by atoms with van der Waals surface area (Å²) in [5.41, 5.74) is 8.69. The number of rotatable bonds is 8. The number of nitrogens with one attached hydrogen (secondary N) is 1. The number of nitrogens with zero attached hydrogens (tertiary/aromatic N) is 4. The van der Waals surface area contributed by atoms with Crippen LogP contribution < -0.4 is 11.1 Å². The van der Waals surface area contributed by atoms with Crippen LogP contribution in [0.5, 0.6) is 0 Å². The molecule has 1 unspecified atom stereocenters. The molecule has 0 saturated carbocycles. The molecule has 2 rings (SSSR count). The molecule has 1 amide bonds. The number of primary amides is 1. The molecule has 0 spiro atoms. The number of nitrogens with two attached hydrogens (primary N) is 1. The predicted octanol–water partition coefficient (Wildman–Crippen LogP) is 1.82. The Bertz CT molecular complexity index is 661. The van der Waals surface area contributed by atoms with Gasteiger partial charge in [0.25, 0.3) is 0 Å². The van der Waals surface area contributed by atoms with Crippen LogP contribution in [0.15, 0.2) is 4.99 Å². The van der Waals surface area contributed by atoms with E-state index in [0.29, 0.717) is 25.5 Å². The third kappa shape index (κ3) is 6.91. The van der Waals surface area contributed by atoms with E-state index in [1.54, 1.807) is 7.11 Å². The minimum atomic E-state index is -0.224. The predicted molar refractivity (Wildman–Crippen MR) is 122 cm³/mol. The second-order valence-electron chi connectivity index (χ2n) is 7.16. The van der Waals surface area contributed by atoms with E-state index in [1.807, 2.05) is 11.6 Å². The molecular weight excluding hydrogens is 471 g/mol. The topological polar surface area (TPSA) is 97.8 Å². The Labute approximate surface area is 185 Å². The summed E-state index contributed by atoms with van der Waals surface area (Å²) in [5.74, 6) is 0.981. The summed E-state index contributed by atoms with van der Waals surface area (Å²) in [6.07, 6.45) is 2.54. The van der Waals surface area contributed by atoms with Crippen LogP contribution in [0, 0.1) is 19.8 Å². The number of hydrogen-bond donors (Lipinski definition) is 2. The first-order chi connectivity index (χ1) is 13.0. The van der Waals surface area contributed by atoms with Crippen molar-refractivity contribution in [3.63, 3.8) is 0 Å². The van der Waals surface area contributed by atoms with Gasteiger partial charge < -0.3 is 20.7 Å². The van der Waals surface area contributed by atoms with Crippen molar-refractivity contribution in [1.29, 1.82) is 0 Å². The molecule has 1 aliphatic rings. The van der Waals surface area contributed by atoms with E-state index in [0.717, 1.165) is 61.9 Å². The molecule has 9 heteroatoms. The number of halogens is 1. The molecule has 2 heterocycles. The number of aromatic nitrogens is 2. The number of piperidine rings is 1. The average Bonchev–Trinajstić information content (AvgIpc) is 2.90. The summed E-state index contributed by atoms with van der Waals surface area (Å²) in [6.45, 7) is 10.7. The van der Waals surface area contributed by atoms with Crippen LogP contribution in [-0.2, 0) is 22.6 Å². The van der Waals surface area contributed by atoms with Gasteiger partial charge in [-0.15, -0.1) is 24.0 Å². The number of carbonyl (C=O) groups is 1. The van der Waals surface area contributed by atoms with Gasteiger partial charge in [0.2, 0.25) is 5.91 Å². The van der Waals surface area contributed by atoms with Crippen molar-refractivity contribution in [3.8, 4) is 0 Å². The Morgan fingerprint density at radius 1 is 1.43 bits per heavy atom. The second-order valence-corrected chi connectivity index (χ2v) is 7.16. The van der Waals surface area contributed by atoms with E-state index in [-0.39, 0.29) is 29.9 Å². The molecule has 0 aliphatic carbocycles. The molecule has 28 heavy (non-hydrogen) atoms. The fourth-order valence-electron chi connectivity index (χ4n) is 3.65. The molecule has 1 aliphatic heterocycles. The van der Waals surface area contributed by atoms with Crippen LogP contribution in [0.2, 0.25) is 0 Å². The number of aryl methyl sites for hydroxylation is 1. The largest absolute Gasteiger partial charge is 0.383 e. The maximum Gasteiger partial charge on any atom is 0.217 e. The van der Waals surface area contributed by atoms with Crippen LogP contribution in [-0.4, -0.2) is 59.9 Å². The lowest BCUT2D eigenvalue weighted by molar-refractivity contribution is -0.119. The molecule has 1 fully saturated rings. The third-order valence-corrected chi connectivity index (χ3v) is 5.07. The lowest BCUT2D eigenvalue weighted by Crippen LogP contribution is -2.47. The maximum atomic E-state index is 11.3. The molecule has 1 atom stereocenters. The van der Waals surface area contributed by atoms with Gasteiger partial charge in [-0.3, -0.25) is 9.48 Å². The van der Waals surface area contributed by atoms with Gasteiger partial charge in [-0.25, -0.2) is 4.99 Å². The van der Waals surface area contributed by atoms with Crippen molar-refractivity contribution in [3.05, 3.63) is 17.0 Å². The highest BCUT2D eigenvalue weighted by molar-refractivity contribution is 14.0. The first kappa shape index (κ1) is 24.7. The zero-order chi connectivity index (χ0) is 19.8. The summed E-state index contributed by atoms with van der Waals surface area (Å²) in [6, 6.07) is 0. The van der Waals surface area contributed by atoms with Gasteiger partial charge in [0, 0.05) is 44.4 Å². The third-order valence-electron chi connectivity index (χ3n) is 5.07. The van der Waals surface area contributed by atoms with Crippen molar-refractivity contribution < 1.29 is 9.53 Å². The van der Waals surface area contributed by atoms with Crippen molar-refractivity contribution in [1.82, 2.24) is 20.0 Å². The number of methoxy groups -OCH3 is 1. The monoisotopic (exact) mass is 506 g/mol. The molecule has 160 valence electrons. The number of guanidine groups is 1. The van der Waals surface area contributed by atoms with E-state index >= 15 is 0 Å².